The number of fused-ring (bicyclic) bond motifs is 1. The smallest absolute Gasteiger partial charge is 0.224 e. The highest BCUT2D eigenvalue weighted by atomic mass is 16.1. The van der Waals surface area contributed by atoms with E-state index in [-0.39, 0.29) is 5.91 Å². The Hall–Kier alpha value is -1.81. The van der Waals surface area contributed by atoms with Crippen LogP contribution in [0.15, 0.2) is 24.3 Å². The Morgan fingerprint density at radius 3 is 2.94 bits per heavy atom. The summed E-state index contributed by atoms with van der Waals surface area (Å²) < 4.78 is 0. The average Bonchev–Trinajstić information content (AvgIpc) is 2.67. The zero-order valence-electron chi connectivity index (χ0n) is 10.6. The van der Waals surface area contributed by atoms with Gasteiger partial charge in [-0.25, -0.2) is 0 Å². The molecule has 4 nitrogen and oxygen atoms in total. The number of carbonyl (C=O) groups is 1. The number of benzene rings is 1. The lowest BCUT2D eigenvalue weighted by atomic mass is 10.1. The minimum Gasteiger partial charge on any atom is -0.358 e. The lowest BCUT2D eigenvalue weighted by Gasteiger charge is -2.04. The molecule has 1 amide bonds. The van der Waals surface area contributed by atoms with Gasteiger partial charge in [0, 0.05) is 23.1 Å². The standard InChI is InChI=1S/C14H19N3O/c1-10-12(9-14(18)16-8-4-7-15)11-5-2-3-6-13(11)17-10/h2-3,5-6,17H,4,7-9,15H2,1H3,(H,16,18). The van der Waals surface area contributed by atoms with Gasteiger partial charge in [-0.1, -0.05) is 18.2 Å². The van der Waals surface area contributed by atoms with E-state index >= 15 is 0 Å². The van der Waals surface area contributed by atoms with Crippen molar-refractivity contribution in [3.05, 3.63) is 35.5 Å². The maximum absolute atomic E-state index is 11.8. The SMILES string of the molecule is Cc1[nH]c2ccccc2c1CC(=O)NCCCN. The van der Waals surface area contributed by atoms with Gasteiger partial charge in [0.1, 0.15) is 0 Å². The number of para-hydroxylation sites is 1. The Balaban J connectivity index is 2.11. The maximum Gasteiger partial charge on any atom is 0.224 e. The van der Waals surface area contributed by atoms with E-state index < -0.39 is 0 Å². The van der Waals surface area contributed by atoms with E-state index in [2.05, 4.69) is 10.3 Å². The van der Waals surface area contributed by atoms with Crippen molar-refractivity contribution in [3.8, 4) is 0 Å². The predicted molar refractivity (Wildman–Crippen MR) is 73.4 cm³/mol. The summed E-state index contributed by atoms with van der Waals surface area (Å²) in [6, 6.07) is 8.05. The van der Waals surface area contributed by atoms with Gasteiger partial charge in [-0.3, -0.25) is 4.79 Å². The van der Waals surface area contributed by atoms with Crippen LogP contribution in [0.3, 0.4) is 0 Å². The van der Waals surface area contributed by atoms with Crippen LogP contribution in [0, 0.1) is 6.92 Å². The van der Waals surface area contributed by atoms with Gasteiger partial charge >= 0.3 is 0 Å². The first kappa shape index (κ1) is 12.6. The summed E-state index contributed by atoms with van der Waals surface area (Å²) in [5, 5.41) is 4.01. The molecule has 1 aromatic carbocycles. The molecule has 0 saturated carbocycles. The lowest BCUT2D eigenvalue weighted by molar-refractivity contribution is -0.120. The Kier molecular flexibility index (Phi) is 3.99. The number of hydrogen-bond donors (Lipinski definition) is 3. The van der Waals surface area contributed by atoms with Gasteiger partial charge in [0.25, 0.3) is 0 Å². The molecule has 2 aromatic rings. The molecule has 18 heavy (non-hydrogen) atoms. The van der Waals surface area contributed by atoms with E-state index in [1.54, 1.807) is 0 Å². The van der Waals surface area contributed by atoms with Crippen molar-refractivity contribution < 1.29 is 4.79 Å². The molecule has 4 heteroatoms. The van der Waals surface area contributed by atoms with E-state index in [0.717, 1.165) is 28.6 Å². The molecule has 0 unspecified atom stereocenters. The molecule has 0 atom stereocenters. The third-order valence-electron chi connectivity index (χ3n) is 3.07. The van der Waals surface area contributed by atoms with Crippen molar-refractivity contribution in [2.75, 3.05) is 13.1 Å². The summed E-state index contributed by atoms with van der Waals surface area (Å²) in [7, 11) is 0. The number of nitrogens with two attached hydrogens (primary N) is 1. The lowest BCUT2D eigenvalue weighted by Crippen LogP contribution is -2.27. The summed E-state index contributed by atoms with van der Waals surface area (Å²) in [4.78, 5) is 15.1. The molecule has 0 radical (unpaired) electrons. The molecule has 0 bridgehead atoms. The fourth-order valence-corrected chi connectivity index (χ4v) is 2.12. The first-order valence-corrected chi connectivity index (χ1v) is 6.25. The summed E-state index contributed by atoms with van der Waals surface area (Å²) >= 11 is 0. The van der Waals surface area contributed by atoms with Crippen LogP contribution in [-0.2, 0) is 11.2 Å². The van der Waals surface area contributed by atoms with E-state index in [0.29, 0.717) is 19.5 Å². The Bertz CT molecular complexity index is 545. The van der Waals surface area contributed by atoms with E-state index in [9.17, 15) is 4.79 Å². The largest absolute Gasteiger partial charge is 0.358 e. The summed E-state index contributed by atoms with van der Waals surface area (Å²) in [5.41, 5.74) is 8.62. The highest BCUT2D eigenvalue weighted by molar-refractivity contribution is 5.90. The number of amides is 1. The van der Waals surface area contributed by atoms with Gasteiger partial charge in [0.05, 0.1) is 6.42 Å². The highest BCUT2D eigenvalue weighted by Gasteiger charge is 2.11. The number of rotatable bonds is 5. The van der Waals surface area contributed by atoms with E-state index in [1.165, 1.54) is 0 Å². The van der Waals surface area contributed by atoms with Crippen LogP contribution in [0.4, 0.5) is 0 Å². The molecule has 0 spiro atoms. The monoisotopic (exact) mass is 245 g/mol. The Labute approximate surface area is 107 Å². The molecule has 0 aliphatic rings. The molecule has 96 valence electrons. The zero-order valence-corrected chi connectivity index (χ0v) is 10.6. The third-order valence-corrected chi connectivity index (χ3v) is 3.07. The predicted octanol–water partition coefficient (Wildman–Crippen LogP) is 1.48. The van der Waals surface area contributed by atoms with Gasteiger partial charge in [-0.2, -0.15) is 0 Å². The fraction of sp³-hybridized carbons (Fsp3) is 0.357. The van der Waals surface area contributed by atoms with Crippen molar-refractivity contribution in [1.29, 1.82) is 0 Å². The Morgan fingerprint density at radius 2 is 2.17 bits per heavy atom. The number of aryl methyl sites for hydroxylation is 1. The first-order chi connectivity index (χ1) is 8.72. The number of hydrogen-bond acceptors (Lipinski definition) is 2. The molecule has 0 fully saturated rings. The quantitative estimate of drug-likeness (QED) is 0.698. The van der Waals surface area contributed by atoms with Crippen LogP contribution >= 0.6 is 0 Å². The molecule has 4 N–H and O–H groups in total. The van der Waals surface area contributed by atoms with Crippen molar-refractivity contribution in [3.63, 3.8) is 0 Å². The first-order valence-electron chi connectivity index (χ1n) is 6.25. The van der Waals surface area contributed by atoms with Crippen LogP contribution in [0.25, 0.3) is 10.9 Å². The molecule has 2 rings (SSSR count). The van der Waals surface area contributed by atoms with Gasteiger partial charge in [-0.15, -0.1) is 0 Å². The van der Waals surface area contributed by atoms with Gasteiger partial charge < -0.3 is 16.0 Å². The van der Waals surface area contributed by atoms with Crippen LogP contribution in [0.1, 0.15) is 17.7 Å². The maximum atomic E-state index is 11.8. The summed E-state index contributed by atoms with van der Waals surface area (Å²) in [6.07, 6.45) is 1.24. The third kappa shape index (κ3) is 2.71. The minimum atomic E-state index is 0.0521. The Morgan fingerprint density at radius 1 is 1.39 bits per heavy atom. The summed E-state index contributed by atoms with van der Waals surface area (Å²) in [6.45, 7) is 3.26. The molecule has 0 aliphatic carbocycles. The minimum absolute atomic E-state index is 0.0521. The van der Waals surface area contributed by atoms with E-state index in [1.807, 2.05) is 31.2 Å². The molecular weight excluding hydrogens is 226 g/mol. The highest BCUT2D eigenvalue weighted by Crippen LogP contribution is 2.22. The second-order valence-corrected chi connectivity index (χ2v) is 4.44. The van der Waals surface area contributed by atoms with Crippen LogP contribution < -0.4 is 11.1 Å². The topological polar surface area (TPSA) is 70.9 Å². The van der Waals surface area contributed by atoms with Crippen LogP contribution in [-0.4, -0.2) is 24.0 Å². The van der Waals surface area contributed by atoms with Crippen LogP contribution in [0.5, 0.6) is 0 Å². The van der Waals surface area contributed by atoms with Crippen molar-refractivity contribution in [2.24, 2.45) is 5.73 Å². The van der Waals surface area contributed by atoms with Gasteiger partial charge in [0.15, 0.2) is 0 Å². The fourth-order valence-electron chi connectivity index (χ4n) is 2.12. The van der Waals surface area contributed by atoms with Gasteiger partial charge in [-0.05, 0) is 31.5 Å². The van der Waals surface area contributed by atoms with Crippen molar-refractivity contribution in [1.82, 2.24) is 10.3 Å². The number of H-pyrrole nitrogens is 1. The molecule has 1 heterocycles. The van der Waals surface area contributed by atoms with Gasteiger partial charge in [0.2, 0.25) is 5.91 Å². The summed E-state index contributed by atoms with van der Waals surface area (Å²) in [5.74, 6) is 0.0521. The molecule has 0 aliphatic heterocycles. The van der Waals surface area contributed by atoms with E-state index in [4.69, 9.17) is 5.73 Å². The second-order valence-electron chi connectivity index (χ2n) is 4.44. The number of aromatic amines is 1. The normalized spacial score (nSPS) is 10.8. The zero-order chi connectivity index (χ0) is 13.0. The molecule has 0 saturated heterocycles. The number of nitrogens with one attached hydrogen (secondary N) is 2. The molecule has 1 aromatic heterocycles. The molecular formula is C14H19N3O. The van der Waals surface area contributed by atoms with Crippen LogP contribution in [0.2, 0.25) is 0 Å². The average molecular weight is 245 g/mol. The second kappa shape index (κ2) is 5.69. The number of aromatic nitrogens is 1. The van der Waals surface area contributed by atoms with Crippen molar-refractivity contribution in [2.45, 2.75) is 19.8 Å². The number of carbonyl (C=O) groups excluding carboxylic acids is 1. The van der Waals surface area contributed by atoms with Crippen molar-refractivity contribution >= 4 is 16.8 Å².